The highest BCUT2D eigenvalue weighted by Gasteiger charge is 2.26. The molecule has 0 atom stereocenters. The van der Waals surface area contributed by atoms with Crippen LogP contribution in [-0.4, -0.2) is 38.6 Å². The number of benzene rings is 2. The van der Waals surface area contributed by atoms with Crippen molar-refractivity contribution in [3.8, 4) is 5.69 Å². The molecular weight excluding hydrogens is 394 g/mol. The number of hydrogen-bond acceptors (Lipinski definition) is 5. The van der Waals surface area contributed by atoms with Gasteiger partial charge < -0.3 is 10.2 Å². The van der Waals surface area contributed by atoms with Crippen LogP contribution < -0.4 is 5.32 Å². The Hall–Kier alpha value is -3.68. The lowest BCUT2D eigenvalue weighted by atomic mass is 10.1. The molecule has 8 heteroatoms. The van der Waals surface area contributed by atoms with E-state index in [9.17, 15) is 14.9 Å². The number of nitro benzene ring substituents is 1. The Morgan fingerprint density at radius 1 is 1.23 bits per heavy atom. The number of hydrogen-bond donors (Lipinski definition) is 1. The van der Waals surface area contributed by atoms with Crippen LogP contribution in [0.5, 0.6) is 0 Å². The molecule has 160 valence electrons. The smallest absolute Gasteiger partial charge is 0.293 e. The number of nitrogens with one attached hydrogen (secondary N) is 1. The largest absolute Gasteiger partial charge is 0.377 e. The molecule has 1 fully saturated rings. The summed E-state index contributed by atoms with van der Waals surface area (Å²) >= 11 is 0. The Labute approximate surface area is 180 Å². The van der Waals surface area contributed by atoms with Crippen LogP contribution >= 0.6 is 0 Å². The maximum Gasteiger partial charge on any atom is 0.293 e. The predicted octanol–water partition coefficient (Wildman–Crippen LogP) is 4.24. The van der Waals surface area contributed by atoms with E-state index in [1.165, 1.54) is 6.07 Å². The topological polar surface area (TPSA) is 93.3 Å². The summed E-state index contributed by atoms with van der Waals surface area (Å²) in [6.07, 6.45) is 2.02. The number of aromatic nitrogens is 2. The molecule has 1 aliphatic carbocycles. The van der Waals surface area contributed by atoms with Crippen LogP contribution in [0.3, 0.4) is 0 Å². The summed E-state index contributed by atoms with van der Waals surface area (Å²) in [6.45, 7) is 4.26. The van der Waals surface area contributed by atoms with E-state index in [0.29, 0.717) is 17.8 Å². The molecule has 0 aliphatic heterocycles. The van der Waals surface area contributed by atoms with Gasteiger partial charge in [0.15, 0.2) is 0 Å². The van der Waals surface area contributed by atoms with E-state index in [1.807, 2.05) is 48.9 Å². The number of carbonyl (C=O) groups is 1. The van der Waals surface area contributed by atoms with E-state index < -0.39 is 4.92 Å². The van der Waals surface area contributed by atoms with Crippen LogP contribution in [0, 0.1) is 24.0 Å². The zero-order valence-corrected chi connectivity index (χ0v) is 17.8. The van der Waals surface area contributed by atoms with Crippen molar-refractivity contribution in [2.45, 2.75) is 39.3 Å². The zero-order chi connectivity index (χ0) is 22.1. The zero-order valence-electron chi connectivity index (χ0n) is 17.8. The van der Waals surface area contributed by atoms with Crippen molar-refractivity contribution in [3.63, 3.8) is 0 Å². The Morgan fingerprint density at radius 3 is 2.58 bits per heavy atom. The summed E-state index contributed by atoms with van der Waals surface area (Å²) in [4.78, 5) is 25.7. The van der Waals surface area contributed by atoms with E-state index in [-0.39, 0.29) is 17.6 Å². The molecule has 3 aromatic rings. The van der Waals surface area contributed by atoms with Crippen LogP contribution in [0.25, 0.3) is 5.69 Å². The fourth-order valence-electron chi connectivity index (χ4n) is 3.64. The van der Waals surface area contributed by atoms with Crippen LogP contribution in [-0.2, 0) is 6.54 Å². The fourth-order valence-corrected chi connectivity index (χ4v) is 3.64. The van der Waals surface area contributed by atoms with E-state index >= 15 is 0 Å². The molecule has 0 radical (unpaired) electrons. The first-order chi connectivity index (χ1) is 14.8. The normalized spacial score (nSPS) is 13.1. The Balaban J connectivity index is 1.56. The van der Waals surface area contributed by atoms with Gasteiger partial charge in [-0.1, -0.05) is 18.2 Å². The first-order valence-corrected chi connectivity index (χ1v) is 10.3. The second kappa shape index (κ2) is 8.22. The van der Waals surface area contributed by atoms with Crippen LogP contribution in [0.1, 0.15) is 40.2 Å². The molecular formula is C23H25N5O3. The van der Waals surface area contributed by atoms with Gasteiger partial charge in [-0.2, -0.15) is 5.10 Å². The van der Waals surface area contributed by atoms with E-state index in [0.717, 1.165) is 35.5 Å². The Kier molecular flexibility index (Phi) is 5.46. The highest BCUT2D eigenvalue weighted by atomic mass is 16.6. The van der Waals surface area contributed by atoms with Crippen molar-refractivity contribution in [1.82, 2.24) is 14.7 Å². The summed E-state index contributed by atoms with van der Waals surface area (Å²) in [5.74, 6) is -0.271. The van der Waals surface area contributed by atoms with Gasteiger partial charge in [0.25, 0.3) is 11.6 Å². The maximum atomic E-state index is 13.0. The van der Waals surface area contributed by atoms with Gasteiger partial charge >= 0.3 is 0 Å². The standard InChI is InChI=1S/C23H25N5O3/c1-15-20(16(2)27(25-15)19-7-5-4-6-8-19)14-26(3)23(29)17-9-12-21(24-18-10-11-18)22(13-17)28(30)31/h4-9,12-13,18,24H,10-11,14H2,1-3H3. The van der Waals surface area contributed by atoms with Crippen LogP contribution in [0.4, 0.5) is 11.4 Å². The third-order valence-electron chi connectivity index (χ3n) is 5.56. The Bertz CT molecular complexity index is 1140. The predicted molar refractivity (Wildman–Crippen MR) is 119 cm³/mol. The number of para-hydroxylation sites is 1. The highest BCUT2D eigenvalue weighted by Crippen LogP contribution is 2.32. The first kappa shape index (κ1) is 20.6. The molecule has 31 heavy (non-hydrogen) atoms. The number of nitro groups is 1. The summed E-state index contributed by atoms with van der Waals surface area (Å²) in [5, 5.41) is 19.3. The minimum atomic E-state index is -0.445. The molecule has 1 amide bonds. The number of anilines is 1. The van der Waals surface area contributed by atoms with Crippen molar-refractivity contribution in [2.75, 3.05) is 12.4 Å². The Morgan fingerprint density at radius 2 is 1.94 bits per heavy atom. The van der Waals surface area contributed by atoms with Crippen LogP contribution in [0.15, 0.2) is 48.5 Å². The average Bonchev–Trinajstić information content (AvgIpc) is 3.54. The summed E-state index contributed by atoms with van der Waals surface area (Å²) < 4.78 is 1.87. The van der Waals surface area contributed by atoms with Gasteiger partial charge in [-0.05, 0) is 51.0 Å². The molecule has 1 saturated carbocycles. The van der Waals surface area contributed by atoms with Gasteiger partial charge in [0.1, 0.15) is 5.69 Å². The van der Waals surface area contributed by atoms with Gasteiger partial charge in [-0.3, -0.25) is 14.9 Å². The number of nitrogens with zero attached hydrogens (tertiary/aromatic N) is 4. The summed E-state index contributed by atoms with van der Waals surface area (Å²) in [7, 11) is 1.70. The lowest BCUT2D eigenvalue weighted by molar-refractivity contribution is -0.384. The maximum absolute atomic E-state index is 13.0. The van der Waals surface area contributed by atoms with Gasteiger partial charge in [-0.15, -0.1) is 0 Å². The summed E-state index contributed by atoms with van der Waals surface area (Å²) in [6, 6.07) is 14.7. The van der Waals surface area contributed by atoms with Gasteiger partial charge in [0.2, 0.25) is 0 Å². The van der Waals surface area contributed by atoms with Gasteiger partial charge in [-0.25, -0.2) is 4.68 Å². The molecule has 1 N–H and O–H groups in total. The molecule has 1 heterocycles. The van der Waals surface area contributed by atoms with Crippen molar-refractivity contribution >= 4 is 17.3 Å². The van der Waals surface area contributed by atoms with Crippen molar-refractivity contribution in [1.29, 1.82) is 0 Å². The number of rotatable bonds is 7. The lowest BCUT2D eigenvalue weighted by Gasteiger charge is -2.18. The summed E-state index contributed by atoms with van der Waals surface area (Å²) in [5.41, 5.74) is 4.40. The number of carbonyl (C=O) groups excluding carboxylic acids is 1. The van der Waals surface area contributed by atoms with Crippen LogP contribution in [0.2, 0.25) is 0 Å². The highest BCUT2D eigenvalue weighted by molar-refractivity contribution is 5.95. The quantitative estimate of drug-likeness (QED) is 0.457. The van der Waals surface area contributed by atoms with Gasteiger partial charge in [0.05, 0.1) is 16.3 Å². The minimum absolute atomic E-state index is 0.0737. The molecule has 0 spiro atoms. The second-order valence-corrected chi connectivity index (χ2v) is 7.97. The van der Waals surface area contributed by atoms with E-state index in [1.54, 1.807) is 24.1 Å². The minimum Gasteiger partial charge on any atom is -0.377 e. The molecule has 0 saturated heterocycles. The third kappa shape index (κ3) is 4.28. The SMILES string of the molecule is Cc1nn(-c2ccccc2)c(C)c1CN(C)C(=O)c1ccc(NC2CC2)c([N+](=O)[O-])c1. The second-order valence-electron chi connectivity index (χ2n) is 7.97. The molecule has 0 unspecified atom stereocenters. The monoisotopic (exact) mass is 419 g/mol. The molecule has 4 rings (SSSR count). The lowest BCUT2D eigenvalue weighted by Crippen LogP contribution is -2.27. The van der Waals surface area contributed by atoms with Crippen molar-refractivity contribution < 1.29 is 9.72 Å². The number of aryl methyl sites for hydroxylation is 1. The molecule has 2 aromatic carbocycles. The van der Waals surface area contributed by atoms with Crippen molar-refractivity contribution in [3.05, 3.63) is 81.2 Å². The molecule has 1 aromatic heterocycles. The van der Waals surface area contributed by atoms with Gasteiger partial charge in [0, 0.05) is 42.5 Å². The average molecular weight is 419 g/mol. The first-order valence-electron chi connectivity index (χ1n) is 10.3. The van der Waals surface area contributed by atoms with E-state index in [2.05, 4.69) is 10.4 Å². The number of amides is 1. The van der Waals surface area contributed by atoms with Crippen molar-refractivity contribution in [2.24, 2.45) is 0 Å². The van der Waals surface area contributed by atoms with E-state index in [4.69, 9.17) is 0 Å². The molecule has 1 aliphatic rings. The fraction of sp³-hybridized carbons (Fsp3) is 0.304. The molecule has 8 nitrogen and oxygen atoms in total. The molecule has 0 bridgehead atoms. The third-order valence-corrected chi connectivity index (χ3v) is 5.56.